The van der Waals surface area contributed by atoms with Gasteiger partial charge >= 0.3 is 12.1 Å². The Hall–Kier alpha value is -1.50. The summed E-state index contributed by atoms with van der Waals surface area (Å²) in [5, 5.41) is 4.92. The SMILES string of the molecule is CC(COCC(C)NC(N)=O)NC(N)=O. The van der Waals surface area contributed by atoms with Crippen molar-refractivity contribution >= 4 is 12.1 Å². The second-order valence-corrected chi connectivity index (χ2v) is 3.36. The number of amides is 4. The van der Waals surface area contributed by atoms with Gasteiger partial charge in [-0.3, -0.25) is 0 Å². The van der Waals surface area contributed by atoms with Gasteiger partial charge in [0.15, 0.2) is 0 Å². The fourth-order valence-electron chi connectivity index (χ4n) is 0.991. The highest BCUT2D eigenvalue weighted by atomic mass is 16.5. The van der Waals surface area contributed by atoms with Crippen molar-refractivity contribution in [2.75, 3.05) is 13.2 Å². The van der Waals surface area contributed by atoms with E-state index in [1.165, 1.54) is 0 Å². The van der Waals surface area contributed by atoms with Gasteiger partial charge in [0.05, 0.1) is 25.3 Å². The Kier molecular flexibility index (Phi) is 6.19. The van der Waals surface area contributed by atoms with Gasteiger partial charge in [-0.15, -0.1) is 0 Å². The lowest BCUT2D eigenvalue weighted by atomic mass is 10.3. The van der Waals surface area contributed by atoms with E-state index < -0.39 is 12.1 Å². The van der Waals surface area contributed by atoms with E-state index in [4.69, 9.17) is 16.2 Å². The molecule has 15 heavy (non-hydrogen) atoms. The number of primary amides is 2. The molecule has 0 saturated carbocycles. The van der Waals surface area contributed by atoms with Gasteiger partial charge in [0.1, 0.15) is 0 Å². The Morgan fingerprint density at radius 3 is 1.67 bits per heavy atom. The summed E-state index contributed by atoms with van der Waals surface area (Å²) in [4.78, 5) is 20.9. The molecule has 6 N–H and O–H groups in total. The molecule has 0 aliphatic heterocycles. The molecule has 0 aliphatic carbocycles. The number of carbonyl (C=O) groups is 2. The van der Waals surface area contributed by atoms with Crippen molar-refractivity contribution in [1.29, 1.82) is 0 Å². The summed E-state index contributed by atoms with van der Waals surface area (Å²) in [6, 6.07) is -1.50. The Morgan fingerprint density at radius 1 is 1.07 bits per heavy atom. The van der Waals surface area contributed by atoms with Crippen LogP contribution in [0.1, 0.15) is 13.8 Å². The van der Waals surface area contributed by atoms with Crippen molar-refractivity contribution in [2.24, 2.45) is 11.5 Å². The van der Waals surface area contributed by atoms with Crippen LogP contribution in [0.4, 0.5) is 9.59 Å². The minimum Gasteiger partial charge on any atom is -0.377 e. The summed E-state index contributed by atoms with van der Waals surface area (Å²) in [6.07, 6.45) is 0. The first-order valence-corrected chi connectivity index (χ1v) is 4.61. The summed E-state index contributed by atoms with van der Waals surface area (Å²) < 4.78 is 5.22. The van der Waals surface area contributed by atoms with E-state index in [0.29, 0.717) is 13.2 Å². The van der Waals surface area contributed by atoms with Gasteiger partial charge in [0.2, 0.25) is 0 Å². The van der Waals surface area contributed by atoms with Crippen LogP contribution in [0.25, 0.3) is 0 Å². The molecule has 7 heteroatoms. The van der Waals surface area contributed by atoms with Crippen LogP contribution in [0.5, 0.6) is 0 Å². The van der Waals surface area contributed by atoms with E-state index in [2.05, 4.69) is 10.6 Å². The predicted octanol–water partition coefficient (Wildman–Crippen LogP) is -0.883. The first-order valence-electron chi connectivity index (χ1n) is 4.61. The number of ether oxygens (including phenoxy) is 1. The first kappa shape index (κ1) is 13.5. The number of nitrogens with one attached hydrogen (secondary N) is 2. The standard InChI is InChI=1S/C8H18N4O3/c1-5(11-7(9)13)3-15-4-6(2)12-8(10)14/h5-6H,3-4H2,1-2H3,(H3,9,11,13)(H3,10,12,14). The summed E-state index contributed by atoms with van der Waals surface area (Å²) >= 11 is 0. The van der Waals surface area contributed by atoms with E-state index in [9.17, 15) is 9.59 Å². The van der Waals surface area contributed by atoms with Crippen LogP contribution in [0.15, 0.2) is 0 Å². The Labute approximate surface area is 88.5 Å². The Morgan fingerprint density at radius 2 is 1.40 bits per heavy atom. The number of rotatable bonds is 6. The number of urea groups is 2. The monoisotopic (exact) mass is 218 g/mol. The molecule has 88 valence electrons. The third-order valence-corrected chi connectivity index (χ3v) is 1.51. The molecule has 0 aromatic rings. The van der Waals surface area contributed by atoms with Gasteiger partial charge in [-0.2, -0.15) is 0 Å². The van der Waals surface area contributed by atoms with Crippen molar-refractivity contribution in [1.82, 2.24) is 10.6 Å². The van der Waals surface area contributed by atoms with Crippen molar-refractivity contribution < 1.29 is 14.3 Å². The highest BCUT2D eigenvalue weighted by Crippen LogP contribution is 1.88. The Balaban J connectivity index is 3.52. The number of carbonyl (C=O) groups excluding carboxylic acids is 2. The highest BCUT2D eigenvalue weighted by molar-refractivity contribution is 5.72. The van der Waals surface area contributed by atoms with Crippen LogP contribution < -0.4 is 22.1 Å². The molecule has 7 nitrogen and oxygen atoms in total. The molecular weight excluding hydrogens is 200 g/mol. The van der Waals surface area contributed by atoms with Crippen molar-refractivity contribution in [2.45, 2.75) is 25.9 Å². The lowest BCUT2D eigenvalue weighted by molar-refractivity contribution is 0.103. The Bertz CT molecular complexity index is 200. The van der Waals surface area contributed by atoms with Crippen molar-refractivity contribution in [3.8, 4) is 0 Å². The topological polar surface area (TPSA) is 119 Å². The summed E-state index contributed by atoms with van der Waals surface area (Å²) in [5.74, 6) is 0. The molecule has 0 rings (SSSR count). The molecule has 0 fully saturated rings. The zero-order valence-corrected chi connectivity index (χ0v) is 8.95. The second kappa shape index (κ2) is 6.88. The molecule has 0 saturated heterocycles. The third kappa shape index (κ3) is 8.82. The summed E-state index contributed by atoms with van der Waals surface area (Å²) in [6.45, 7) is 4.18. The second-order valence-electron chi connectivity index (χ2n) is 3.36. The lowest BCUT2D eigenvalue weighted by Crippen LogP contribution is -2.42. The third-order valence-electron chi connectivity index (χ3n) is 1.51. The van der Waals surface area contributed by atoms with Crippen LogP contribution in [0.3, 0.4) is 0 Å². The van der Waals surface area contributed by atoms with Gasteiger partial charge in [-0.1, -0.05) is 0 Å². The molecule has 0 aliphatic rings. The average molecular weight is 218 g/mol. The van der Waals surface area contributed by atoms with Crippen LogP contribution in [-0.4, -0.2) is 37.4 Å². The van der Waals surface area contributed by atoms with E-state index in [0.717, 1.165) is 0 Å². The average Bonchev–Trinajstić information content (AvgIpc) is 2.00. The van der Waals surface area contributed by atoms with Gasteiger partial charge in [-0.05, 0) is 13.8 Å². The smallest absolute Gasteiger partial charge is 0.312 e. The maximum Gasteiger partial charge on any atom is 0.312 e. The van der Waals surface area contributed by atoms with E-state index in [1.54, 1.807) is 13.8 Å². The molecule has 0 spiro atoms. The van der Waals surface area contributed by atoms with Crippen LogP contribution >= 0.6 is 0 Å². The minimum absolute atomic E-state index is 0.164. The first-order chi connectivity index (χ1) is 6.91. The summed E-state index contributed by atoms with van der Waals surface area (Å²) in [5.41, 5.74) is 9.82. The van der Waals surface area contributed by atoms with Gasteiger partial charge < -0.3 is 26.8 Å². The molecule has 0 heterocycles. The van der Waals surface area contributed by atoms with E-state index in [1.807, 2.05) is 0 Å². The number of hydrogen-bond acceptors (Lipinski definition) is 3. The molecule has 0 aromatic heterocycles. The summed E-state index contributed by atoms with van der Waals surface area (Å²) in [7, 11) is 0. The number of nitrogens with two attached hydrogens (primary N) is 2. The predicted molar refractivity (Wildman–Crippen MR) is 55.2 cm³/mol. The maximum atomic E-state index is 10.4. The molecule has 0 aromatic carbocycles. The highest BCUT2D eigenvalue weighted by Gasteiger charge is 2.07. The van der Waals surface area contributed by atoms with E-state index >= 15 is 0 Å². The zero-order chi connectivity index (χ0) is 11.8. The number of hydrogen-bond donors (Lipinski definition) is 4. The van der Waals surface area contributed by atoms with Gasteiger partial charge in [0.25, 0.3) is 0 Å². The fraction of sp³-hybridized carbons (Fsp3) is 0.750. The lowest BCUT2D eigenvalue weighted by Gasteiger charge is -2.15. The van der Waals surface area contributed by atoms with Crippen molar-refractivity contribution in [3.05, 3.63) is 0 Å². The van der Waals surface area contributed by atoms with Crippen LogP contribution in [-0.2, 0) is 4.74 Å². The molecule has 0 bridgehead atoms. The zero-order valence-electron chi connectivity index (χ0n) is 8.95. The molecular formula is C8H18N4O3. The molecule has 0 radical (unpaired) electrons. The van der Waals surface area contributed by atoms with Crippen LogP contribution in [0, 0.1) is 0 Å². The van der Waals surface area contributed by atoms with E-state index in [-0.39, 0.29) is 12.1 Å². The normalized spacial score (nSPS) is 14.0. The fourth-order valence-corrected chi connectivity index (χ4v) is 0.991. The van der Waals surface area contributed by atoms with Crippen molar-refractivity contribution in [3.63, 3.8) is 0 Å². The van der Waals surface area contributed by atoms with Gasteiger partial charge in [0, 0.05) is 0 Å². The van der Waals surface area contributed by atoms with Crippen LogP contribution in [0.2, 0.25) is 0 Å². The molecule has 2 atom stereocenters. The maximum absolute atomic E-state index is 10.4. The quantitative estimate of drug-likeness (QED) is 0.463. The largest absolute Gasteiger partial charge is 0.377 e. The molecule has 2 unspecified atom stereocenters. The minimum atomic E-state index is -0.589. The molecule has 4 amide bonds. The van der Waals surface area contributed by atoms with Gasteiger partial charge in [-0.25, -0.2) is 9.59 Å².